The van der Waals surface area contributed by atoms with E-state index in [1.165, 1.54) is 5.56 Å². The first-order valence-electron chi connectivity index (χ1n) is 12.1. The molecule has 2 aromatic carbocycles. The second kappa shape index (κ2) is 11.8. The molecule has 1 N–H and O–H groups in total. The van der Waals surface area contributed by atoms with Crippen LogP contribution in [0.5, 0.6) is 17.2 Å². The minimum Gasteiger partial charge on any atom is -0.493 e. The third kappa shape index (κ3) is 5.93. The Morgan fingerprint density at radius 1 is 0.974 bits per heavy atom. The normalized spacial score (nSPS) is 11.7. The van der Waals surface area contributed by atoms with Crippen molar-refractivity contribution in [2.75, 3.05) is 40.2 Å². The number of aryl methyl sites for hydroxylation is 2. The van der Waals surface area contributed by atoms with Crippen LogP contribution in [-0.2, 0) is 6.61 Å². The molecule has 0 radical (unpaired) electrons. The molecule has 1 unspecified atom stereocenters. The number of hydrogen-bond donors (Lipinski definition) is 1. The summed E-state index contributed by atoms with van der Waals surface area (Å²) < 4.78 is 28.5. The summed E-state index contributed by atoms with van der Waals surface area (Å²) >= 11 is 0. The lowest BCUT2D eigenvalue weighted by Crippen LogP contribution is -2.27. The van der Waals surface area contributed by atoms with Gasteiger partial charge in [0.05, 0.1) is 20.3 Å². The molecule has 38 heavy (non-hydrogen) atoms. The predicted octanol–water partition coefficient (Wildman–Crippen LogP) is 5.73. The van der Waals surface area contributed by atoms with E-state index < -0.39 is 0 Å². The number of methoxy groups -OCH3 is 2. The van der Waals surface area contributed by atoms with Crippen LogP contribution in [0, 0.1) is 25.2 Å². The van der Waals surface area contributed by atoms with Gasteiger partial charge in [-0.2, -0.15) is 10.2 Å². The van der Waals surface area contributed by atoms with E-state index in [1.54, 1.807) is 26.4 Å². The number of aromatic nitrogens is 1. The first-order chi connectivity index (χ1) is 18.3. The van der Waals surface area contributed by atoms with Gasteiger partial charge < -0.3 is 33.3 Å². The van der Waals surface area contributed by atoms with Crippen molar-refractivity contribution in [1.82, 2.24) is 9.88 Å². The number of nitriles is 1. The molecule has 0 aliphatic rings. The van der Waals surface area contributed by atoms with Crippen molar-refractivity contribution in [1.29, 1.82) is 5.26 Å². The molecule has 198 valence electrons. The molecule has 2 aromatic heterocycles. The topological polar surface area (TPSA) is 106 Å². The summed E-state index contributed by atoms with van der Waals surface area (Å²) in [6.07, 6.45) is 0. The Bertz CT molecular complexity index is 1430. The third-order valence-corrected chi connectivity index (χ3v) is 6.34. The monoisotopic (exact) mass is 516 g/mol. The molecule has 9 heteroatoms. The third-order valence-electron chi connectivity index (χ3n) is 6.34. The van der Waals surface area contributed by atoms with Crippen molar-refractivity contribution in [3.05, 3.63) is 76.7 Å². The number of nitrogens with zero attached hydrogens (tertiary/aromatic N) is 3. The number of oxazole rings is 1. The SMILES string of the molecule is COc1ccc(C(CNc2oc(-c3ccc(COc4ccc(C)c(C)c4)o3)nc2C#N)N(C)C)cc1OC. The quantitative estimate of drug-likeness (QED) is 0.267. The van der Waals surface area contributed by atoms with Crippen molar-refractivity contribution >= 4 is 5.88 Å². The lowest BCUT2D eigenvalue weighted by Gasteiger charge is -2.25. The van der Waals surface area contributed by atoms with E-state index in [-0.39, 0.29) is 30.1 Å². The van der Waals surface area contributed by atoms with Gasteiger partial charge in [-0.25, -0.2) is 0 Å². The number of benzene rings is 2. The number of likely N-dealkylation sites (N-methyl/N-ethyl adjacent to an activating group) is 1. The molecule has 2 heterocycles. The lowest BCUT2D eigenvalue weighted by atomic mass is 10.1. The Morgan fingerprint density at radius 2 is 1.76 bits per heavy atom. The van der Waals surface area contributed by atoms with E-state index in [4.69, 9.17) is 23.0 Å². The van der Waals surface area contributed by atoms with Crippen LogP contribution in [0.25, 0.3) is 11.7 Å². The van der Waals surface area contributed by atoms with E-state index >= 15 is 0 Å². The van der Waals surface area contributed by atoms with Crippen LogP contribution in [0.3, 0.4) is 0 Å². The van der Waals surface area contributed by atoms with Gasteiger partial charge in [0.2, 0.25) is 11.6 Å². The lowest BCUT2D eigenvalue weighted by molar-refractivity contribution is 0.271. The summed E-state index contributed by atoms with van der Waals surface area (Å²) in [6.45, 7) is 4.82. The van der Waals surface area contributed by atoms with Gasteiger partial charge in [-0.1, -0.05) is 12.1 Å². The molecule has 0 bridgehead atoms. The Balaban J connectivity index is 1.46. The summed E-state index contributed by atoms with van der Waals surface area (Å²) in [5.74, 6) is 3.60. The fourth-order valence-corrected chi connectivity index (χ4v) is 4.00. The van der Waals surface area contributed by atoms with Gasteiger partial charge >= 0.3 is 0 Å². The summed E-state index contributed by atoms with van der Waals surface area (Å²) in [5, 5.41) is 12.9. The van der Waals surface area contributed by atoms with Crippen molar-refractivity contribution in [2.24, 2.45) is 0 Å². The van der Waals surface area contributed by atoms with Crippen LogP contribution >= 0.6 is 0 Å². The minimum absolute atomic E-state index is 0.0485. The van der Waals surface area contributed by atoms with Crippen LogP contribution in [0.1, 0.15) is 34.2 Å². The Kier molecular flexibility index (Phi) is 8.24. The number of rotatable bonds is 11. The van der Waals surface area contributed by atoms with Gasteiger partial charge in [-0.15, -0.1) is 0 Å². The number of anilines is 1. The van der Waals surface area contributed by atoms with Crippen molar-refractivity contribution in [2.45, 2.75) is 26.5 Å². The highest BCUT2D eigenvalue weighted by molar-refractivity contribution is 5.55. The second-order valence-electron chi connectivity index (χ2n) is 9.08. The number of furan rings is 1. The molecule has 0 saturated carbocycles. The highest BCUT2D eigenvalue weighted by Gasteiger charge is 2.21. The molecule has 0 saturated heterocycles. The van der Waals surface area contributed by atoms with Crippen molar-refractivity contribution < 1.29 is 23.0 Å². The first kappa shape index (κ1) is 26.6. The molecule has 4 rings (SSSR count). The molecular weight excluding hydrogens is 484 g/mol. The van der Waals surface area contributed by atoms with E-state index in [0.717, 1.165) is 16.9 Å². The molecular formula is C29H32N4O5. The van der Waals surface area contributed by atoms with E-state index in [2.05, 4.69) is 28.2 Å². The summed E-state index contributed by atoms with van der Waals surface area (Å²) in [6, 6.07) is 17.3. The number of hydrogen-bond acceptors (Lipinski definition) is 9. The zero-order chi connectivity index (χ0) is 27.2. The predicted molar refractivity (Wildman–Crippen MR) is 144 cm³/mol. The maximum absolute atomic E-state index is 9.65. The molecule has 0 amide bonds. The molecule has 0 spiro atoms. The zero-order valence-electron chi connectivity index (χ0n) is 22.5. The van der Waals surface area contributed by atoms with Crippen molar-refractivity contribution in [3.63, 3.8) is 0 Å². The maximum Gasteiger partial charge on any atom is 0.266 e. The van der Waals surface area contributed by atoms with Crippen LogP contribution in [0.15, 0.2) is 57.4 Å². The number of ether oxygens (including phenoxy) is 3. The summed E-state index contributed by atoms with van der Waals surface area (Å²) in [5.41, 5.74) is 3.53. The smallest absolute Gasteiger partial charge is 0.266 e. The molecule has 1 atom stereocenters. The van der Waals surface area contributed by atoms with Crippen LogP contribution in [0.2, 0.25) is 0 Å². The minimum atomic E-state index is -0.0485. The standard InChI is InChI=1S/C29H32N4O5/c1-18-7-9-21(13-19(18)2)36-17-22-10-12-26(37-22)29-32-23(15-30)28(38-29)31-16-24(33(3)4)20-8-11-25(34-5)27(14-20)35-6/h7-14,24,31H,16-17H2,1-6H3. The Hall–Kier alpha value is -4.42. The largest absolute Gasteiger partial charge is 0.493 e. The van der Waals surface area contributed by atoms with Gasteiger partial charge in [0.15, 0.2) is 17.3 Å². The van der Waals surface area contributed by atoms with Gasteiger partial charge in [0.25, 0.3) is 5.89 Å². The number of nitrogens with one attached hydrogen (secondary N) is 1. The Morgan fingerprint density at radius 3 is 2.45 bits per heavy atom. The van der Waals surface area contributed by atoms with Gasteiger partial charge in [0.1, 0.15) is 24.2 Å². The van der Waals surface area contributed by atoms with Crippen LogP contribution in [-0.4, -0.2) is 44.7 Å². The average molecular weight is 517 g/mol. The van der Waals surface area contributed by atoms with Crippen LogP contribution in [0.4, 0.5) is 5.88 Å². The molecule has 9 nitrogen and oxygen atoms in total. The van der Waals surface area contributed by atoms with Crippen LogP contribution < -0.4 is 19.5 Å². The second-order valence-corrected chi connectivity index (χ2v) is 9.08. The molecule has 0 fully saturated rings. The highest BCUT2D eigenvalue weighted by atomic mass is 16.5. The summed E-state index contributed by atoms with van der Waals surface area (Å²) in [4.78, 5) is 6.38. The van der Waals surface area contributed by atoms with Gasteiger partial charge in [-0.05, 0) is 81.0 Å². The van der Waals surface area contributed by atoms with Gasteiger partial charge in [-0.3, -0.25) is 0 Å². The fraction of sp³-hybridized carbons (Fsp3) is 0.310. The molecule has 0 aliphatic carbocycles. The van der Waals surface area contributed by atoms with E-state index in [0.29, 0.717) is 29.6 Å². The average Bonchev–Trinajstić information content (AvgIpc) is 3.56. The Labute approximate surface area is 222 Å². The highest BCUT2D eigenvalue weighted by Crippen LogP contribution is 2.32. The van der Waals surface area contributed by atoms with E-state index in [9.17, 15) is 5.26 Å². The molecule has 4 aromatic rings. The fourth-order valence-electron chi connectivity index (χ4n) is 4.00. The van der Waals surface area contributed by atoms with Crippen molar-refractivity contribution in [3.8, 4) is 35.0 Å². The summed E-state index contributed by atoms with van der Waals surface area (Å²) in [7, 11) is 7.16. The first-order valence-corrected chi connectivity index (χ1v) is 12.1. The molecule has 0 aliphatic heterocycles. The van der Waals surface area contributed by atoms with Gasteiger partial charge in [0, 0.05) is 6.54 Å². The zero-order valence-corrected chi connectivity index (χ0v) is 22.5. The van der Waals surface area contributed by atoms with E-state index in [1.807, 2.05) is 57.4 Å². The maximum atomic E-state index is 9.65.